The standard InChI is InChI=1S/C23H30BN3O5S/c1-16-5-8-18(9-6-16)33(29,30)31-14-13-27-20-15-17(24)7-10-19(20)26-21(27)11-12-25-22(28)32-23(2,3)4/h5-10,15H,11-14,24H2,1-4H3,(H,25,28). The maximum Gasteiger partial charge on any atom is 0.407 e. The number of ether oxygens (including phenoxy) is 1. The summed E-state index contributed by atoms with van der Waals surface area (Å²) in [6, 6.07) is 12.4. The lowest BCUT2D eigenvalue weighted by atomic mass is 9.96. The van der Waals surface area contributed by atoms with Crippen molar-refractivity contribution in [2.45, 2.75) is 51.2 Å². The van der Waals surface area contributed by atoms with Gasteiger partial charge < -0.3 is 14.6 Å². The number of nitrogens with zero attached hydrogens (tertiary/aromatic N) is 2. The van der Waals surface area contributed by atoms with Crippen LogP contribution in [0.15, 0.2) is 47.4 Å². The lowest BCUT2D eigenvalue weighted by molar-refractivity contribution is 0.0528. The van der Waals surface area contributed by atoms with Crippen LogP contribution in [0.25, 0.3) is 11.0 Å². The zero-order valence-corrected chi connectivity index (χ0v) is 20.5. The van der Waals surface area contributed by atoms with Crippen molar-refractivity contribution in [1.82, 2.24) is 14.9 Å². The van der Waals surface area contributed by atoms with E-state index in [1.165, 1.54) is 12.1 Å². The molecule has 0 unspecified atom stereocenters. The second-order valence-corrected chi connectivity index (χ2v) is 10.6. The van der Waals surface area contributed by atoms with Gasteiger partial charge in [-0.3, -0.25) is 4.18 Å². The number of rotatable bonds is 8. The molecule has 3 rings (SSSR count). The number of benzene rings is 2. The molecule has 0 bridgehead atoms. The van der Waals surface area contributed by atoms with E-state index in [-0.39, 0.29) is 11.5 Å². The van der Waals surface area contributed by atoms with Crippen molar-refractivity contribution >= 4 is 40.6 Å². The Hall–Kier alpha value is -2.85. The Kier molecular flexibility index (Phi) is 7.49. The van der Waals surface area contributed by atoms with Crippen LogP contribution in [0.3, 0.4) is 0 Å². The van der Waals surface area contributed by atoms with Gasteiger partial charge in [0.05, 0.1) is 22.5 Å². The summed E-state index contributed by atoms with van der Waals surface area (Å²) in [4.78, 5) is 16.7. The Morgan fingerprint density at radius 2 is 1.85 bits per heavy atom. The minimum Gasteiger partial charge on any atom is -0.444 e. The average Bonchev–Trinajstić information content (AvgIpc) is 3.03. The van der Waals surface area contributed by atoms with E-state index in [0.29, 0.717) is 19.5 Å². The number of hydrogen-bond acceptors (Lipinski definition) is 6. The Labute approximate surface area is 195 Å². The van der Waals surface area contributed by atoms with E-state index in [1.807, 2.05) is 37.5 Å². The first-order valence-electron chi connectivity index (χ1n) is 10.8. The quantitative estimate of drug-likeness (QED) is 0.399. The van der Waals surface area contributed by atoms with Crippen LogP contribution < -0.4 is 10.8 Å². The molecule has 0 aliphatic carbocycles. The predicted molar refractivity (Wildman–Crippen MR) is 130 cm³/mol. The Balaban J connectivity index is 1.72. The van der Waals surface area contributed by atoms with Gasteiger partial charge in [-0.15, -0.1) is 0 Å². The van der Waals surface area contributed by atoms with Crippen molar-refractivity contribution in [1.29, 1.82) is 0 Å². The number of carbonyl (C=O) groups is 1. The predicted octanol–water partition coefficient (Wildman–Crippen LogP) is 2.08. The highest BCUT2D eigenvalue weighted by molar-refractivity contribution is 7.86. The number of nitrogens with one attached hydrogen (secondary N) is 1. The summed E-state index contributed by atoms with van der Waals surface area (Å²) < 4.78 is 37.6. The number of fused-ring (bicyclic) bond motifs is 1. The maximum absolute atomic E-state index is 12.5. The number of aromatic nitrogens is 2. The Morgan fingerprint density at radius 1 is 1.15 bits per heavy atom. The van der Waals surface area contributed by atoms with Gasteiger partial charge in [-0.2, -0.15) is 8.42 Å². The average molecular weight is 471 g/mol. The van der Waals surface area contributed by atoms with E-state index in [0.717, 1.165) is 27.9 Å². The second kappa shape index (κ2) is 9.97. The SMILES string of the molecule is Bc1ccc2nc(CCNC(=O)OC(C)(C)C)n(CCOS(=O)(=O)c3ccc(C)cc3)c2c1. The number of imidazole rings is 1. The van der Waals surface area contributed by atoms with Gasteiger partial charge >= 0.3 is 6.09 Å². The van der Waals surface area contributed by atoms with Crippen LogP contribution >= 0.6 is 0 Å². The fourth-order valence-corrected chi connectivity index (χ4v) is 4.22. The molecule has 0 radical (unpaired) electrons. The van der Waals surface area contributed by atoms with Crippen LogP contribution in [0.1, 0.15) is 32.2 Å². The van der Waals surface area contributed by atoms with Gasteiger partial charge in [-0.05, 0) is 52.0 Å². The second-order valence-electron chi connectivity index (χ2n) is 8.94. The summed E-state index contributed by atoms with van der Waals surface area (Å²) in [5, 5.41) is 2.74. The van der Waals surface area contributed by atoms with Crippen molar-refractivity contribution < 1.29 is 22.1 Å². The summed E-state index contributed by atoms with van der Waals surface area (Å²) in [5.41, 5.74) is 3.15. The molecule has 1 amide bonds. The lowest BCUT2D eigenvalue weighted by Crippen LogP contribution is -2.33. The fourth-order valence-electron chi connectivity index (χ4n) is 3.32. The first-order chi connectivity index (χ1) is 15.4. The molecule has 176 valence electrons. The van der Waals surface area contributed by atoms with Crippen LogP contribution in [0.2, 0.25) is 0 Å². The molecule has 2 aromatic carbocycles. The van der Waals surface area contributed by atoms with Crippen LogP contribution in [0.5, 0.6) is 0 Å². The monoisotopic (exact) mass is 471 g/mol. The highest BCUT2D eigenvalue weighted by atomic mass is 32.2. The molecular weight excluding hydrogens is 441 g/mol. The van der Waals surface area contributed by atoms with Crippen molar-refractivity contribution in [3.8, 4) is 0 Å². The molecule has 0 spiro atoms. The van der Waals surface area contributed by atoms with Crippen LogP contribution in [-0.2, 0) is 32.0 Å². The Morgan fingerprint density at radius 3 is 2.52 bits per heavy atom. The van der Waals surface area contributed by atoms with E-state index in [9.17, 15) is 13.2 Å². The van der Waals surface area contributed by atoms with E-state index < -0.39 is 21.8 Å². The highest BCUT2D eigenvalue weighted by Crippen LogP contribution is 2.17. The Bertz CT molecular complexity index is 1230. The van der Waals surface area contributed by atoms with E-state index in [2.05, 4.69) is 10.3 Å². The minimum atomic E-state index is -3.86. The maximum atomic E-state index is 12.5. The normalized spacial score (nSPS) is 12.1. The zero-order chi connectivity index (χ0) is 24.2. The first-order valence-corrected chi connectivity index (χ1v) is 12.2. The van der Waals surface area contributed by atoms with E-state index >= 15 is 0 Å². The molecule has 3 aromatic rings. The molecule has 0 saturated carbocycles. The fraction of sp³-hybridized carbons (Fsp3) is 0.391. The van der Waals surface area contributed by atoms with Gasteiger partial charge in [-0.1, -0.05) is 29.2 Å². The van der Waals surface area contributed by atoms with Crippen molar-refractivity contribution in [3.63, 3.8) is 0 Å². The number of amides is 1. The molecule has 33 heavy (non-hydrogen) atoms. The van der Waals surface area contributed by atoms with Crippen molar-refractivity contribution in [3.05, 3.63) is 53.9 Å². The van der Waals surface area contributed by atoms with Gasteiger partial charge in [0.15, 0.2) is 0 Å². The largest absolute Gasteiger partial charge is 0.444 e. The van der Waals surface area contributed by atoms with Crippen molar-refractivity contribution in [2.24, 2.45) is 0 Å². The molecule has 0 aliphatic rings. The molecule has 1 N–H and O–H groups in total. The van der Waals surface area contributed by atoms with Crippen LogP contribution in [-0.4, -0.2) is 50.7 Å². The van der Waals surface area contributed by atoms with Gasteiger partial charge in [-0.25, -0.2) is 9.78 Å². The third-order valence-electron chi connectivity index (χ3n) is 4.86. The molecule has 1 heterocycles. The lowest BCUT2D eigenvalue weighted by Gasteiger charge is -2.19. The summed E-state index contributed by atoms with van der Waals surface area (Å²) in [5.74, 6) is 0.725. The summed E-state index contributed by atoms with van der Waals surface area (Å²) >= 11 is 0. The molecule has 10 heteroatoms. The van der Waals surface area contributed by atoms with Gasteiger partial charge in [0, 0.05) is 19.5 Å². The molecule has 1 aromatic heterocycles. The van der Waals surface area contributed by atoms with Gasteiger partial charge in [0.2, 0.25) is 0 Å². The number of carbonyl (C=O) groups excluding carboxylic acids is 1. The third kappa shape index (κ3) is 6.82. The number of alkyl carbamates (subject to hydrolysis) is 1. The molecule has 8 nitrogen and oxygen atoms in total. The van der Waals surface area contributed by atoms with Gasteiger partial charge in [0.1, 0.15) is 19.3 Å². The smallest absolute Gasteiger partial charge is 0.407 e. The summed E-state index contributed by atoms with van der Waals surface area (Å²) in [7, 11) is -1.87. The first kappa shape index (κ1) is 24.8. The molecule has 0 saturated heterocycles. The van der Waals surface area contributed by atoms with Crippen LogP contribution in [0.4, 0.5) is 4.79 Å². The third-order valence-corrected chi connectivity index (χ3v) is 6.19. The number of aryl methyl sites for hydroxylation is 1. The molecule has 0 aliphatic heterocycles. The summed E-state index contributed by atoms with van der Waals surface area (Å²) in [6.07, 6.45) is -0.0361. The highest BCUT2D eigenvalue weighted by Gasteiger charge is 2.18. The van der Waals surface area contributed by atoms with Crippen molar-refractivity contribution in [2.75, 3.05) is 13.2 Å². The number of hydrogen-bond donors (Lipinski definition) is 1. The molecular formula is C23H30BN3O5S. The molecule has 0 atom stereocenters. The van der Waals surface area contributed by atoms with Gasteiger partial charge in [0.25, 0.3) is 10.1 Å². The zero-order valence-electron chi connectivity index (χ0n) is 19.7. The van der Waals surface area contributed by atoms with Crippen LogP contribution in [0, 0.1) is 6.92 Å². The minimum absolute atomic E-state index is 0.0396. The van der Waals surface area contributed by atoms with E-state index in [4.69, 9.17) is 8.92 Å². The topological polar surface area (TPSA) is 99.5 Å². The van der Waals surface area contributed by atoms with E-state index in [1.54, 1.807) is 32.9 Å². The molecule has 0 fully saturated rings. The summed E-state index contributed by atoms with van der Waals surface area (Å²) in [6.45, 7) is 7.90.